The van der Waals surface area contributed by atoms with Crippen LogP contribution in [0.5, 0.6) is 0 Å². The molecule has 3 aromatic rings. The van der Waals surface area contributed by atoms with E-state index in [-0.39, 0.29) is 17.0 Å². The van der Waals surface area contributed by atoms with Crippen molar-refractivity contribution in [1.29, 1.82) is 0 Å². The minimum absolute atomic E-state index is 0.00998. The highest BCUT2D eigenvalue weighted by Crippen LogP contribution is 2.36. The number of benzene rings is 1. The van der Waals surface area contributed by atoms with E-state index in [9.17, 15) is 9.18 Å². The molecule has 0 spiro atoms. The van der Waals surface area contributed by atoms with Gasteiger partial charge in [0.2, 0.25) is 5.88 Å². The molecule has 0 unspecified atom stereocenters. The Labute approximate surface area is 119 Å². The van der Waals surface area contributed by atoms with E-state index in [0.29, 0.717) is 16.8 Å². The monoisotopic (exact) mass is 285 g/mol. The van der Waals surface area contributed by atoms with Gasteiger partial charge in [-0.3, -0.25) is 4.79 Å². The zero-order valence-corrected chi connectivity index (χ0v) is 11.2. The predicted octanol–water partition coefficient (Wildman–Crippen LogP) is 2.43. The summed E-state index contributed by atoms with van der Waals surface area (Å²) in [5.41, 5.74) is 7.07. The number of aryl methyl sites for hydroxylation is 1. The number of pyridine rings is 1. The quantitative estimate of drug-likeness (QED) is 0.784. The largest absolute Gasteiger partial charge is 0.367 e. The first-order valence-corrected chi connectivity index (χ1v) is 6.25. The van der Waals surface area contributed by atoms with Crippen molar-refractivity contribution in [1.82, 2.24) is 9.72 Å². The third-order valence-electron chi connectivity index (χ3n) is 3.24. The van der Waals surface area contributed by atoms with Gasteiger partial charge in [-0.25, -0.2) is 4.39 Å². The lowest BCUT2D eigenvalue weighted by molar-refractivity contribution is 0.439. The zero-order chi connectivity index (χ0) is 15.0. The number of rotatable bonds is 2. The van der Waals surface area contributed by atoms with Gasteiger partial charge in [-0.2, -0.15) is 0 Å². The summed E-state index contributed by atoms with van der Waals surface area (Å²) in [7, 11) is 1.64. The highest BCUT2D eigenvalue weighted by atomic mass is 19.1. The molecule has 0 aliphatic carbocycles. The standard InChI is InChI=1S/C15H12FN3O2/c1-19-7-6-9(8-12(19)20)14-13(15(17)21-18-14)10-4-2-3-5-11(10)16/h2-8H,17H2,1H3. The van der Waals surface area contributed by atoms with Crippen LogP contribution in [0.3, 0.4) is 0 Å². The topological polar surface area (TPSA) is 74.1 Å². The lowest BCUT2D eigenvalue weighted by Crippen LogP contribution is -2.14. The van der Waals surface area contributed by atoms with Gasteiger partial charge in [0, 0.05) is 30.4 Å². The fourth-order valence-electron chi connectivity index (χ4n) is 2.12. The molecule has 0 radical (unpaired) electrons. The van der Waals surface area contributed by atoms with Crippen LogP contribution in [0.1, 0.15) is 0 Å². The van der Waals surface area contributed by atoms with Gasteiger partial charge >= 0.3 is 0 Å². The maximum Gasteiger partial charge on any atom is 0.250 e. The van der Waals surface area contributed by atoms with Crippen molar-refractivity contribution in [2.75, 3.05) is 5.73 Å². The minimum Gasteiger partial charge on any atom is -0.367 e. The van der Waals surface area contributed by atoms with Gasteiger partial charge in [0.05, 0.1) is 5.56 Å². The van der Waals surface area contributed by atoms with Crippen molar-refractivity contribution < 1.29 is 8.91 Å². The van der Waals surface area contributed by atoms with Gasteiger partial charge < -0.3 is 14.8 Å². The molecule has 2 heterocycles. The molecule has 0 aliphatic heterocycles. The van der Waals surface area contributed by atoms with E-state index in [1.807, 2.05) is 0 Å². The number of hydrogen-bond donors (Lipinski definition) is 1. The summed E-state index contributed by atoms with van der Waals surface area (Å²) in [4.78, 5) is 11.7. The van der Waals surface area contributed by atoms with Crippen LogP contribution in [-0.2, 0) is 7.05 Å². The SMILES string of the molecule is Cn1ccc(-c2noc(N)c2-c2ccccc2F)cc1=O. The van der Waals surface area contributed by atoms with Crippen LogP contribution < -0.4 is 11.3 Å². The molecule has 0 saturated heterocycles. The number of nitrogens with two attached hydrogens (primary N) is 1. The Hall–Kier alpha value is -2.89. The van der Waals surface area contributed by atoms with E-state index < -0.39 is 5.82 Å². The molecule has 1 aromatic carbocycles. The molecule has 0 aliphatic rings. The molecule has 2 N–H and O–H groups in total. The number of nitrogen functional groups attached to an aromatic ring is 1. The highest BCUT2D eigenvalue weighted by molar-refractivity contribution is 5.86. The molecular formula is C15H12FN3O2. The van der Waals surface area contributed by atoms with Gasteiger partial charge in [0.1, 0.15) is 11.5 Å². The molecule has 0 bridgehead atoms. The number of halogens is 1. The van der Waals surface area contributed by atoms with E-state index in [4.69, 9.17) is 10.3 Å². The predicted molar refractivity (Wildman–Crippen MR) is 77.0 cm³/mol. The minimum atomic E-state index is -0.433. The van der Waals surface area contributed by atoms with Gasteiger partial charge in [0.15, 0.2) is 0 Å². The maximum absolute atomic E-state index is 14.0. The fraction of sp³-hybridized carbons (Fsp3) is 0.0667. The second-order valence-electron chi connectivity index (χ2n) is 4.61. The molecular weight excluding hydrogens is 273 g/mol. The number of aromatic nitrogens is 2. The molecule has 21 heavy (non-hydrogen) atoms. The normalized spacial score (nSPS) is 10.8. The van der Waals surface area contributed by atoms with E-state index >= 15 is 0 Å². The third-order valence-corrected chi connectivity index (χ3v) is 3.24. The first-order valence-electron chi connectivity index (χ1n) is 6.25. The average Bonchev–Trinajstić information content (AvgIpc) is 2.84. The van der Waals surface area contributed by atoms with Gasteiger partial charge in [-0.05, 0) is 12.1 Å². The van der Waals surface area contributed by atoms with Gasteiger partial charge in [-0.15, -0.1) is 0 Å². The summed E-state index contributed by atoms with van der Waals surface area (Å²) < 4.78 is 20.4. The smallest absolute Gasteiger partial charge is 0.250 e. The number of nitrogens with zero attached hydrogens (tertiary/aromatic N) is 2. The van der Waals surface area contributed by atoms with E-state index in [0.717, 1.165) is 0 Å². The van der Waals surface area contributed by atoms with Gasteiger partial charge in [0.25, 0.3) is 5.56 Å². The molecule has 5 nitrogen and oxygen atoms in total. The molecule has 0 atom stereocenters. The van der Waals surface area contributed by atoms with Crippen LogP contribution >= 0.6 is 0 Å². The molecule has 2 aromatic heterocycles. The van der Waals surface area contributed by atoms with Crippen molar-refractivity contribution in [3.05, 3.63) is 58.8 Å². The summed E-state index contributed by atoms with van der Waals surface area (Å²) in [6, 6.07) is 9.29. The first kappa shape index (κ1) is 13.1. The highest BCUT2D eigenvalue weighted by Gasteiger charge is 2.20. The summed E-state index contributed by atoms with van der Waals surface area (Å²) in [5, 5.41) is 3.86. The molecule has 3 rings (SSSR count). The molecule has 0 fully saturated rings. The van der Waals surface area contributed by atoms with Gasteiger partial charge in [-0.1, -0.05) is 23.4 Å². The second-order valence-corrected chi connectivity index (χ2v) is 4.61. The zero-order valence-electron chi connectivity index (χ0n) is 11.2. The molecule has 0 amide bonds. The first-order chi connectivity index (χ1) is 10.1. The summed E-state index contributed by atoms with van der Waals surface area (Å²) in [6.45, 7) is 0. The molecule has 106 valence electrons. The van der Waals surface area contributed by atoms with Crippen LogP contribution in [0.4, 0.5) is 10.3 Å². The van der Waals surface area contributed by atoms with E-state index in [1.54, 1.807) is 37.5 Å². The van der Waals surface area contributed by atoms with Crippen molar-refractivity contribution >= 4 is 5.88 Å². The van der Waals surface area contributed by atoms with Crippen molar-refractivity contribution in [3.63, 3.8) is 0 Å². The Balaban J connectivity index is 2.24. The lowest BCUT2D eigenvalue weighted by atomic mass is 10.0. The summed E-state index contributed by atoms with van der Waals surface area (Å²) in [6.07, 6.45) is 1.60. The Morgan fingerprint density at radius 2 is 2.05 bits per heavy atom. The Kier molecular flexibility index (Phi) is 3.06. The van der Waals surface area contributed by atoms with E-state index in [1.165, 1.54) is 16.7 Å². The van der Waals surface area contributed by atoms with Crippen molar-refractivity contribution in [2.45, 2.75) is 0 Å². The average molecular weight is 285 g/mol. The molecule has 0 saturated carbocycles. The van der Waals surface area contributed by atoms with Crippen LogP contribution in [0.15, 0.2) is 51.9 Å². The van der Waals surface area contributed by atoms with Crippen LogP contribution in [0.25, 0.3) is 22.4 Å². The van der Waals surface area contributed by atoms with Crippen molar-refractivity contribution in [3.8, 4) is 22.4 Å². The van der Waals surface area contributed by atoms with Crippen LogP contribution in [0.2, 0.25) is 0 Å². The lowest BCUT2D eigenvalue weighted by Gasteiger charge is -2.04. The maximum atomic E-state index is 14.0. The number of hydrogen-bond acceptors (Lipinski definition) is 4. The summed E-state index contributed by atoms with van der Waals surface area (Å²) >= 11 is 0. The molecule has 6 heteroatoms. The Morgan fingerprint density at radius 1 is 1.29 bits per heavy atom. The third kappa shape index (κ3) is 2.20. The van der Waals surface area contributed by atoms with Crippen LogP contribution in [0, 0.1) is 5.82 Å². The van der Waals surface area contributed by atoms with E-state index in [2.05, 4.69) is 5.16 Å². The fourth-order valence-corrected chi connectivity index (χ4v) is 2.12. The Bertz CT molecular complexity index is 867. The number of anilines is 1. The van der Waals surface area contributed by atoms with Crippen LogP contribution in [-0.4, -0.2) is 9.72 Å². The second kappa shape index (κ2) is 4.90. The Morgan fingerprint density at radius 3 is 2.76 bits per heavy atom. The van der Waals surface area contributed by atoms with Crippen molar-refractivity contribution in [2.24, 2.45) is 7.05 Å². The summed E-state index contributed by atoms with van der Waals surface area (Å²) in [5.74, 6) is -0.423.